The Balaban J connectivity index is 2.18. The second-order valence-electron chi connectivity index (χ2n) is 3.98. The van der Waals surface area contributed by atoms with Crippen LogP contribution in [0.15, 0.2) is 24.5 Å². The average Bonchev–Trinajstić information content (AvgIpc) is 2.47. The van der Waals surface area contributed by atoms with Gasteiger partial charge >= 0.3 is 0 Å². The van der Waals surface area contributed by atoms with E-state index in [-0.39, 0.29) is 0 Å². The predicted octanol–water partition coefficient (Wildman–Crippen LogP) is 1.94. The minimum atomic E-state index is 0.583. The number of pyridine rings is 1. The van der Waals surface area contributed by atoms with Gasteiger partial charge in [0, 0.05) is 30.4 Å². The highest BCUT2D eigenvalue weighted by atomic mass is 15.0. The second kappa shape index (κ2) is 3.46. The molecule has 70 valence electrons. The molecule has 2 heterocycles. The minimum absolute atomic E-state index is 0.583. The lowest BCUT2D eigenvalue weighted by Gasteiger charge is -2.14. The molecule has 3 unspecified atom stereocenters. The summed E-state index contributed by atoms with van der Waals surface area (Å²) in [6, 6.07) is 5.42. The first-order valence-electron chi connectivity index (χ1n) is 4.93. The van der Waals surface area contributed by atoms with Crippen LogP contribution in [0.4, 0.5) is 0 Å². The van der Waals surface area contributed by atoms with Crippen LogP contribution in [0.3, 0.4) is 0 Å². The van der Waals surface area contributed by atoms with E-state index in [4.69, 9.17) is 0 Å². The van der Waals surface area contributed by atoms with Gasteiger partial charge in [-0.25, -0.2) is 0 Å². The van der Waals surface area contributed by atoms with E-state index in [2.05, 4.69) is 30.2 Å². The molecule has 0 amide bonds. The minimum Gasteiger partial charge on any atom is -0.311 e. The van der Waals surface area contributed by atoms with Gasteiger partial charge in [-0.3, -0.25) is 4.98 Å². The summed E-state index contributed by atoms with van der Waals surface area (Å²) in [6.07, 6.45) is 5.05. The third-order valence-corrected chi connectivity index (χ3v) is 2.87. The van der Waals surface area contributed by atoms with Gasteiger partial charge in [0.2, 0.25) is 0 Å². The molecule has 0 aromatic carbocycles. The summed E-state index contributed by atoms with van der Waals surface area (Å²) in [7, 11) is 0. The quantitative estimate of drug-likeness (QED) is 0.707. The van der Waals surface area contributed by atoms with Crippen molar-refractivity contribution in [2.45, 2.75) is 38.3 Å². The average molecular weight is 176 g/mol. The molecular weight excluding hydrogens is 160 g/mol. The van der Waals surface area contributed by atoms with E-state index < -0.39 is 0 Å². The fourth-order valence-corrected chi connectivity index (χ4v) is 2.24. The van der Waals surface area contributed by atoms with E-state index >= 15 is 0 Å². The van der Waals surface area contributed by atoms with Gasteiger partial charge in [0.15, 0.2) is 0 Å². The summed E-state index contributed by atoms with van der Waals surface area (Å²) < 4.78 is 0. The SMILES string of the molecule is CC1CC(c2cccnc2)C(C)N1. The summed E-state index contributed by atoms with van der Waals surface area (Å²) in [5.41, 5.74) is 1.37. The van der Waals surface area contributed by atoms with Crippen LogP contribution >= 0.6 is 0 Å². The summed E-state index contributed by atoms with van der Waals surface area (Å²) in [5, 5.41) is 3.54. The Morgan fingerprint density at radius 3 is 2.85 bits per heavy atom. The highest BCUT2D eigenvalue weighted by molar-refractivity contribution is 5.19. The van der Waals surface area contributed by atoms with Crippen LogP contribution in [0.2, 0.25) is 0 Å². The molecule has 0 aliphatic carbocycles. The van der Waals surface area contributed by atoms with Gasteiger partial charge in [-0.15, -0.1) is 0 Å². The Kier molecular flexibility index (Phi) is 2.32. The molecule has 2 nitrogen and oxygen atoms in total. The first-order valence-corrected chi connectivity index (χ1v) is 4.93. The van der Waals surface area contributed by atoms with Crippen LogP contribution in [-0.2, 0) is 0 Å². The number of nitrogens with one attached hydrogen (secondary N) is 1. The van der Waals surface area contributed by atoms with Crippen molar-refractivity contribution in [2.75, 3.05) is 0 Å². The van der Waals surface area contributed by atoms with Crippen molar-refractivity contribution in [3.05, 3.63) is 30.1 Å². The van der Waals surface area contributed by atoms with Gasteiger partial charge in [-0.05, 0) is 31.9 Å². The third kappa shape index (κ3) is 1.73. The summed E-state index contributed by atoms with van der Waals surface area (Å²) in [6.45, 7) is 4.49. The Hall–Kier alpha value is -0.890. The van der Waals surface area contributed by atoms with Crippen molar-refractivity contribution in [1.29, 1.82) is 0 Å². The van der Waals surface area contributed by atoms with Crippen molar-refractivity contribution in [2.24, 2.45) is 0 Å². The Morgan fingerprint density at radius 2 is 2.31 bits per heavy atom. The van der Waals surface area contributed by atoms with Gasteiger partial charge in [0.25, 0.3) is 0 Å². The fraction of sp³-hybridized carbons (Fsp3) is 0.545. The first-order chi connectivity index (χ1) is 6.27. The van der Waals surface area contributed by atoms with Gasteiger partial charge in [-0.2, -0.15) is 0 Å². The van der Waals surface area contributed by atoms with Crippen molar-refractivity contribution < 1.29 is 0 Å². The molecule has 1 aliphatic heterocycles. The van der Waals surface area contributed by atoms with Crippen molar-refractivity contribution in [1.82, 2.24) is 10.3 Å². The zero-order valence-electron chi connectivity index (χ0n) is 8.20. The highest BCUT2D eigenvalue weighted by Gasteiger charge is 2.28. The van der Waals surface area contributed by atoms with Crippen molar-refractivity contribution in [3.63, 3.8) is 0 Å². The van der Waals surface area contributed by atoms with Crippen LogP contribution in [0, 0.1) is 0 Å². The lowest BCUT2D eigenvalue weighted by molar-refractivity contribution is 0.574. The normalized spacial score (nSPS) is 33.5. The second-order valence-corrected chi connectivity index (χ2v) is 3.98. The first kappa shape index (κ1) is 8.70. The topological polar surface area (TPSA) is 24.9 Å². The van der Waals surface area contributed by atoms with E-state index in [0.717, 1.165) is 0 Å². The molecule has 1 aromatic rings. The molecule has 1 aromatic heterocycles. The smallest absolute Gasteiger partial charge is 0.0303 e. The van der Waals surface area contributed by atoms with Gasteiger partial charge < -0.3 is 5.32 Å². The largest absolute Gasteiger partial charge is 0.311 e. The lowest BCUT2D eigenvalue weighted by Crippen LogP contribution is -2.26. The molecule has 0 spiro atoms. The molecule has 0 saturated carbocycles. The molecule has 13 heavy (non-hydrogen) atoms. The molecular formula is C11H16N2. The molecule has 1 saturated heterocycles. The number of hydrogen-bond acceptors (Lipinski definition) is 2. The van der Waals surface area contributed by atoms with Gasteiger partial charge in [0.05, 0.1) is 0 Å². The molecule has 3 atom stereocenters. The molecule has 1 N–H and O–H groups in total. The number of hydrogen-bond donors (Lipinski definition) is 1. The van der Waals surface area contributed by atoms with Crippen LogP contribution in [-0.4, -0.2) is 17.1 Å². The molecule has 0 bridgehead atoms. The summed E-state index contributed by atoms with van der Waals surface area (Å²) >= 11 is 0. The van der Waals surface area contributed by atoms with Crippen molar-refractivity contribution >= 4 is 0 Å². The number of aromatic nitrogens is 1. The molecule has 0 radical (unpaired) electrons. The molecule has 1 fully saturated rings. The molecule has 1 aliphatic rings. The predicted molar refractivity (Wildman–Crippen MR) is 53.7 cm³/mol. The molecule has 2 heteroatoms. The van der Waals surface area contributed by atoms with E-state index in [1.54, 1.807) is 0 Å². The van der Waals surface area contributed by atoms with E-state index in [0.29, 0.717) is 18.0 Å². The standard InChI is InChI=1S/C11H16N2/c1-8-6-11(9(2)13-8)10-4-3-5-12-7-10/h3-5,7-9,11,13H,6H2,1-2H3. The van der Waals surface area contributed by atoms with Crippen LogP contribution in [0.5, 0.6) is 0 Å². The maximum Gasteiger partial charge on any atom is 0.0303 e. The maximum atomic E-state index is 4.16. The van der Waals surface area contributed by atoms with E-state index in [9.17, 15) is 0 Å². The molecule has 2 rings (SSSR count). The fourth-order valence-electron chi connectivity index (χ4n) is 2.24. The Labute approximate surface area is 79.4 Å². The van der Waals surface area contributed by atoms with E-state index in [1.807, 2.05) is 18.5 Å². The summed E-state index contributed by atoms with van der Waals surface area (Å²) in [4.78, 5) is 4.16. The van der Waals surface area contributed by atoms with Crippen LogP contribution in [0.1, 0.15) is 31.7 Å². The van der Waals surface area contributed by atoms with Gasteiger partial charge in [0.1, 0.15) is 0 Å². The Bertz CT molecular complexity index is 271. The van der Waals surface area contributed by atoms with Crippen LogP contribution in [0.25, 0.3) is 0 Å². The zero-order chi connectivity index (χ0) is 9.26. The van der Waals surface area contributed by atoms with Gasteiger partial charge in [-0.1, -0.05) is 6.07 Å². The number of rotatable bonds is 1. The van der Waals surface area contributed by atoms with Crippen LogP contribution < -0.4 is 5.32 Å². The number of nitrogens with zero attached hydrogens (tertiary/aromatic N) is 1. The van der Waals surface area contributed by atoms with Crippen molar-refractivity contribution in [3.8, 4) is 0 Å². The highest BCUT2D eigenvalue weighted by Crippen LogP contribution is 2.29. The monoisotopic (exact) mass is 176 g/mol. The lowest BCUT2D eigenvalue weighted by atomic mass is 9.93. The third-order valence-electron chi connectivity index (χ3n) is 2.87. The van der Waals surface area contributed by atoms with E-state index in [1.165, 1.54) is 12.0 Å². The Morgan fingerprint density at radius 1 is 1.46 bits per heavy atom. The summed E-state index contributed by atoms with van der Waals surface area (Å²) in [5.74, 6) is 0.642. The maximum absolute atomic E-state index is 4.16. The zero-order valence-corrected chi connectivity index (χ0v) is 8.20.